The van der Waals surface area contributed by atoms with Crippen LogP contribution >= 0.6 is 0 Å². The first-order chi connectivity index (χ1) is 33.2. The highest BCUT2D eigenvalue weighted by atomic mass is 16.3. The molecular formula is C66H63BN2O. The van der Waals surface area contributed by atoms with Crippen LogP contribution in [0.1, 0.15) is 137 Å². The number of aryl methyl sites for hydroxylation is 2. The van der Waals surface area contributed by atoms with Crippen molar-refractivity contribution in [3.8, 4) is 0 Å². The Labute approximate surface area is 415 Å². The average molecular weight is 911 g/mol. The largest absolute Gasteiger partial charge is 0.456 e. The second-order valence-electron chi connectivity index (χ2n) is 24.3. The summed E-state index contributed by atoms with van der Waals surface area (Å²) in [5.74, 6) is 0. The molecule has 9 aromatic rings. The summed E-state index contributed by atoms with van der Waals surface area (Å²) in [6.45, 7) is 31.1. The predicted octanol–water partition coefficient (Wildman–Crippen LogP) is 15.5. The van der Waals surface area contributed by atoms with Gasteiger partial charge in [-0.05, 0) is 145 Å². The molecule has 1 aromatic heterocycles. The highest BCUT2D eigenvalue weighted by molar-refractivity contribution is 7.00. The van der Waals surface area contributed by atoms with Gasteiger partial charge in [-0.15, -0.1) is 0 Å². The molecule has 0 N–H and O–H groups in total. The molecule has 0 bridgehead atoms. The average Bonchev–Trinajstić information content (AvgIpc) is 3.71. The molecule has 4 aliphatic rings. The van der Waals surface area contributed by atoms with Crippen LogP contribution in [0.5, 0.6) is 0 Å². The first-order valence-corrected chi connectivity index (χ1v) is 25.5. The lowest BCUT2D eigenvalue weighted by Gasteiger charge is -2.49. The van der Waals surface area contributed by atoms with Gasteiger partial charge in [0, 0.05) is 55.5 Å². The van der Waals surface area contributed by atoms with Crippen LogP contribution in [-0.4, -0.2) is 6.71 Å². The first kappa shape index (κ1) is 43.3. The Morgan fingerprint density at radius 3 is 1.49 bits per heavy atom. The molecule has 8 aromatic carbocycles. The van der Waals surface area contributed by atoms with E-state index < -0.39 is 0 Å². The van der Waals surface area contributed by atoms with E-state index in [0.717, 1.165) is 27.6 Å². The molecule has 0 spiro atoms. The summed E-state index contributed by atoms with van der Waals surface area (Å²) in [7, 11) is 0. The molecule has 13 rings (SSSR count). The zero-order valence-corrected chi connectivity index (χ0v) is 43.2. The molecule has 0 fully saturated rings. The normalized spacial score (nSPS) is 17.3. The van der Waals surface area contributed by atoms with Crippen LogP contribution in [0.3, 0.4) is 0 Å². The highest BCUT2D eigenvalue weighted by Crippen LogP contribution is 2.56. The van der Waals surface area contributed by atoms with E-state index in [4.69, 9.17) is 4.42 Å². The van der Waals surface area contributed by atoms with E-state index in [1.807, 2.05) is 0 Å². The van der Waals surface area contributed by atoms with Crippen LogP contribution in [0.2, 0.25) is 0 Å². The predicted molar refractivity (Wildman–Crippen MR) is 297 cm³/mol. The van der Waals surface area contributed by atoms with E-state index in [9.17, 15) is 0 Å². The van der Waals surface area contributed by atoms with Crippen molar-refractivity contribution in [1.82, 2.24) is 0 Å². The number of para-hydroxylation sites is 1. The Bertz CT molecular complexity index is 3760. The summed E-state index contributed by atoms with van der Waals surface area (Å²) in [5.41, 5.74) is 27.4. The Hall–Kier alpha value is -6.78. The van der Waals surface area contributed by atoms with Gasteiger partial charge in [-0.25, -0.2) is 0 Å². The van der Waals surface area contributed by atoms with Gasteiger partial charge in [-0.1, -0.05) is 173 Å². The lowest BCUT2D eigenvalue weighted by Crippen LogP contribution is -2.62. The standard InChI is InChI=1S/C66H63BN2O/c1-38-31-56-61-57(32-38)69(53-26-20-28-59-60(53)41-21-14-19-27-58(41)70-59)55-37-49-47(64(8,9)43-23-16-18-25-45(43)66(49,12)13)35-51(55)67(61)50-34-40(62(3,4)5)29-30-52(50)68(56)54-36-48-46(33-39(54)2)63(6,7)42-22-15-17-24-44(42)65(48,10)11/h14-37H,1-13H3. The van der Waals surface area contributed by atoms with Crippen LogP contribution < -0.4 is 26.2 Å². The van der Waals surface area contributed by atoms with Gasteiger partial charge >= 0.3 is 0 Å². The second kappa shape index (κ2) is 14.0. The molecule has 0 unspecified atom stereocenters. The third-order valence-corrected chi connectivity index (χ3v) is 17.7. The number of anilines is 6. The molecule has 0 atom stereocenters. The molecule has 3 heterocycles. The van der Waals surface area contributed by atoms with Crippen LogP contribution in [-0.2, 0) is 27.1 Å². The van der Waals surface area contributed by atoms with Gasteiger partial charge in [0.25, 0.3) is 6.71 Å². The third-order valence-electron chi connectivity index (χ3n) is 17.7. The van der Waals surface area contributed by atoms with Gasteiger partial charge in [-0.2, -0.15) is 0 Å². The summed E-state index contributed by atoms with van der Waals surface area (Å²) in [5, 5.41) is 2.27. The van der Waals surface area contributed by atoms with E-state index in [-0.39, 0.29) is 33.8 Å². The minimum atomic E-state index is -0.234. The van der Waals surface area contributed by atoms with Gasteiger partial charge in [0.1, 0.15) is 11.2 Å². The van der Waals surface area contributed by atoms with Crippen LogP contribution in [0, 0.1) is 13.8 Å². The number of hydrogen-bond donors (Lipinski definition) is 0. The van der Waals surface area contributed by atoms with E-state index in [0.29, 0.717) is 0 Å². The van der Waals surface area contributed by atoms with Gasteiger partial charge in [0.15, 0.2) is 0 Å². The van der Waals surface area contributed by atoms with Crippen molar-refractivity contribution in [3.05, 3.63) is 207 Å². The SMILES string of the molecule is Cc1cc2c3c(c1)N(c1cccc4oc5ccccc5c14)c1cc4c(cc1B3c1cc(C(C)(C)C)ccc1N2c1cc2c(cc1C)C(C)(C)c1ccccc1C2(C)C)C(C)(C)c1ccccc1C4(C)C. The van der Waals surface area contributed by atoms with Crippen molar-refractivity contribution in [2.24, 2.45) is 0 Å². The fourth-order valence-electron chi connectivity index (χ4n) is 13.8. The van der Waals surface area contributed by atoms with Crippen molar-refractivity contribution in [2.75, 3.05) is 9.80 Å². The van der Waals surface area contributed by atoms with Gasteiger partial charge in [-0.3, -0.25) is 0 Å². The third kappa shape index (κ3) is 5.59. The van der Waals surface area contributed by atoms with Gasteiger partial charge in [0.05, 0.1) is 11.1 Å². The number of benzene rings is 8. The van der Waals surface area contributed by atoms with Crippen molar-refractivity contribution in [1.29, 1.82) is 0 Å². The quantitative estimate of drug-likeness (QED) is 0.161. The fraction of sp³-hybridized carbons (Fsp3) is 0.273. The van der Waals surface area contributed by atoms with Crippen molar-refractivity contribution >= 4 is 79.2 Å². The summed E-state index contributed by atoms with van der Waals surface area (Å²) >= 11 is 0. The summed E-state index contributed by atoms with van der Waals surface area (Å²) in [4.78, 5) is 5.28. The van der Waals surface area contributed by atoms with Crippen molar-refractivity contribution in [3.63, 3.8) is 0 Å². The van der Waals surface area contributed by atoms with Crippen LogP contribution in [0.15, 0.2) is 150 Å². The summed E-state index contributed by atoms with van der Waals surface area (Å²) in [6, 6.07) is 56.3. The molecule has 0 saturated heterocycles. The fourth-order valence-corrected chi connectivity index (χ4v) is 13.8. The topological polar surface area (TPSA) is 19.6 Å². The van der Waals surface area contributed by atoms with E-state index in [2.05, 4.69) is 245 Å². The maximum absolute atomic E-state index is 6.69. The first-order valence-electron chi connectivity index (χ1n) is 25.5. The van der Waals surface area contributed by atoms with Crippen LogP contribution in [0.25, 0.3) is 21.9 Å². The Balaban J connectivity index is 1.16. The Morgan fingerprint density at radius 1 is 0.414 bits per heavy atom. The molecule has 3 nitrogen and oxygen atoms in total. The molecular weight excluding hydrogens is 848 g/mol. The lowest BCUT2D eigenvalue weighted by molar-refractivity contribution is 0.520. The molecule has 70 heavy (non-hydrogen) atoms. The Morgan fingerprint density at radius 2 is 0.900 bits per heavy atom. The number of hydrogen-bond acceptors (Lipinski definition) is 3. The minimum Gasteiger partial charge on any atom is -0.456 e. The Kier molecular flexibility index (Phi) is 8.63. The lowest BCUT2D eigenvalue weighted by atomic mass is 9.33. The van der Waals surface area contributed by atoms with Crippen molar-refractivity contribution < 1.29 is 4.42 Å². The molecule has 2 aliphatic carbocycles. The van der Waals surface area contributed by atoms with Gasteiger partial charge < -0.3 is 14.2 Å². The monoisotopic (exact) mass is 911 g/mol. The van der Waals surface area contributed by atoms with E-state index in [1.165, 1.54) is 106 Å². The molecule has 2 aliphatic heterocycles. The maximum Gasteiger partial charge on any atom is 0.252 e. The minimum absolute atomic E-state index is 0.0349. The smallest absolute Gasteiger partial charge is 0.252 e. The van der Waals surface area contributed by atoms with Gasteiger partial charge in [0.2, 0.25) is 0 Å². The van der Waals surface area contributed by atoms with Crippen molar-refractivity contribution in [2.45, 2.75) is 117 Å². The zero-order chi connectivity index (χ0) is 48.8. The number of rotatable bonds is 2. The second-order valence-corrected chi connectivity index (χ2v) is 24.3. The molecule has 4 heteroatoms. The maximum atomic E-state index is 6.69. The molecule has 0 saturated carbocycles. The molecule has 346 valence electrons. The molecule has 0 radical (unpaired) electrons. The van der Waals surface area contributed by atoms with Crippen LogP contribution in [0.4, 0.5) is 34.1 Å². The molecule has 0 amide bonds. The van der Waals surface area contributed by atoms with E-state index in [1.54, 1.807) is 0 Å². The summed E-state index contributed by atoms with van der Waals surface area (Å²) in [6.07, 6.45) is 0. The summed E-state index contributed by atoms with van der Waals surface area (Å²) < 4.78 is 6.69. The number of furan rings is 1. The van der Waals surface area contributed by atoms with E-state index >= 15 is 0 Å². The number of fused-ring (bicyclic) bond motifs is 11. The zero-order valence-electron chi connectivity index (χ0n) is 43.2. The highest BCUT2D eigenvalue weighted by Gasteiger charge is 2.49. The number of nitrogens with zero attached hydrogens (tertiary/aromatic N) is 2.